The largest absolute Gasteiger partial charge is 0.484 e. The fourth-order valence-electron chi connectivity index (χ4n) is 2.84. The SMILES string of the molecule is Cc1ccccc1OCC(=O)NCCC(=O)N1CCc2sccc2C1. The summed E-state index contributed by atoms with van der Waals surface area (Å²) in [6.07, 6.45) is 1.24. The molecule has 1 aromatic carbocycles. The van der Waals surface area contributed by atoms with E-state index < -0.39 is 0 Å². The monoisotopic (exact) mass is 358 g/mol. The second-order valence-electron chi connectivity index (χ2n) is 6.09. The highest BCUT2D eigenvalue weighted by Gasteiger charge is 2.21. The molecule has 2 heterocycles. The predicted molar refractivity (Wildman–Crippen MR) is 97.7 cm³/mol. The molecular weight excluding hydrogens is 336 g/mol. The molecule has 5 nitrogen and oxygen atoms in total. The maximum Gasteiger partial charge on any atom is 0.257 e. The smallest absolute Gasteiger partial charge is 0.257 e. The van der Waals surface area contributed by atoms with Crippen LogP contribution in [-0.2, 0) is 22.6 Å². The van der Waals surface area contributed by atoms with Gasteiger partial charge in [0.05, 0.1) is 0 Å². The lowest BCUT2D eigenvalue weighted by Crippen LogP contribution is -2.38. The van der Waals surface area contributed by atoms with Gasteiger partial charge in [-0.15, -0.1) is 11.3 Å². The molecule has 0 saturated carbocycles. The number of amides is 2. The standard InChI is InChI=1S/C19H22N2O3S/c1-14-4-2-3-5-16(14)24-13-18(22)20-9-6-19(23)21-10-7-17-15(12-21)8-11-25-17/h2-5,8,11H,6-7,9-10,12-13H2,1H3,(H,20,22). The quantitative estimate of drug-likeness (QED) is 0.863. The number of hydrogen-bond acceptors (Lipinski definition) is 4. The van der Waals surface area contributed by atoms with Gasteiger partial charge in [-0.25, -0.2) is 0 Å². The third-order valence-corrected chi connectivity index (χ3v) is 5.30. The highest BCUT2D eigenvalue weighted by atomic mass is 32.1. The van der Waals surface area contributed by atoms with Crippen LogP contribution < -0.4 is 10.1 Å². The van der Waals surface area contributed by atoms with Crippen molar-refractivity contribution in [1.29, 1.82) is 0 Å². The van der Waals surface area contributed by atoms with E-state index in [0.717, 1.165) is 18.5 Å². The zero-order chi connectivity index (χ0) is 17.6. The maximum atomic E-state index is 12.3. The fourth-order valence-corrected chi connectivity index (χ4v) is 3.73. The van der Waals surface area contributed by atoms with Gasteiger partial charge in [-0.05, 0) is 42.0 Å². The number of aryl methyl sites for hydroxylation is 1. The first-order chi connectivity index (χ1) is 12.1. The number of para-hydroxylation sites is 1. The number of fused-ring (bicyclic) bond motifs is 1. The maximum absolute atomic E-state index is 12.3. The molecule has 0 aliphatic carbocycles. The Labute approximate surface area is 151 Å². The molecule has 3 rings (SSSR count). The van der Waals surface area contributed by atoms with Crippen molar-refractivity contribution in [3.63, 3.8) is 0 Å². The van der Waals surface area contributed by atoms with E-state index in [1.54, 1.807) is 11.3 Å². The topological polar surface area (TPSA) is 58.6 Å². The molecule has 0 spiro atoms. The molecule has 0 unspecified atom stereocenters. The molecule has 2 aromatic rings. The molecule has 25 heavy (non-hydrogen) atoms. The minimum absolute atomic E-state index is 0.0407. The van der Waals surface area contributed by atoms with Crippen molar-refractivity contribution in [2.24, 2.45) is 0 Å². The number of carbonyl (C=O) groups is 2. The minimum atomic E-state index is -0.213. The highest BCUT2D eigenvalue weighted by molar-refractivity contribution is 7.10. The third-order valence-electron chi connectivity index (χ3n) is 4.27. The van der Waals surface area contributed by atoms with Crippen LogP contribution in [-0.4, -0.2) is 36.4 Å². The second kappa shape index (κ2) is 8.16. The minimum Gasteiger partial charge on any atom is -0.484 e. The summed E-state index contributed by atoms with van der Waals surface area (Å²) < 4.78 is 5.50. The van der Waals surface area contributed by atoms with Crippen LogP contribution in [0.3, 0.4) is 0 Å². The Morgan fingerprint density at radius 3 is 2.96 bits per heavy atom. The number of hydrogen-bond donors (Lipinski definition) is 1. The van der Waals surface area contributed by atoms with E-state index in [-0.39, 0.29) is 18.4 Å². The van der Waals surface area contributed by atoms with Gasteiger partial charge < -0.3 is 15.0 Å². The van der Waals surface area contributed by atoms with Crippen LogP contribution in [0.5, 0.6) is 5.75 Å². The van der Waals surface area contributed by atoms with E-state index in [9.17, 15) is 9.59 Å². The van der Waals surface area contributed by atoms with Crippen LogP contribution in [0.25, 0.3) is 0 Å². The lowest BCUT2D eigenvalue weighted by molar-refractivity contribution is -0.132. The Kier molecular flexibility index (Phi) is 5.71. The zero-order valence-corrected chi connectivity index (χ0v) is 15.1. The van der Waals surface area contributed by atoms with Crippen molar-refractivity contribution in [3.05, 3.63) is 51.7 Å². The summed E-state index contributed by atoms with van der Waals surface area (Å²) in [6, 6.07) is 9.65. The van der Waals surface area contributed by atoms with Gasteiger partial charge in [0.1, 0.15) is 5.75 Å². The summed E-state index contributed by atoms with van der Waals surface area (Å²) in [4.78, 5) is 27.4. The van der Waals surface area contributed by atoms with Crippen molar-refractivity contribution < 1.29 is 14.3 Å². The van der Waals surface area contributed by atoms with Crippen molar-refractivity contribution in [2.75, 3.05) is 19.7 Å². The van der Waals surface area contributed by atoms with Crippen molar-refractivity contribution in [3.8, 4) is 5.75 Å². The molecule has 6 heteroatoms. The van der Waals surface area contributed by atoms with Gasteiger partial charge in [-0.2, -0.15) is 0 Å². The number of benzene rings is 1. The van der Waals surface area contributed by atoms with Crippen molar-refractivity contribution in [1.82, 2.24) is 10.2 Å². The first-order valence-corrected chi connectivity index (χ1v) is 9.29. The summed E-state index contributed by atoms with van der Waals surface area (Å²) in [6.45, 7) is 3.67. The Bertz CT molecular complexity index is 757. The summed E-state index contributed by atoms with van der Waals surface area (Å²) in [7, 11) is 0. The van der Waals surface area contributed by atoms with Crippen LogP contribution in [0, 0.1) is 6.92 Å². The van der Waals surface area contributed by atoms with Crippen LogP contribution in [0.15, 0.2) is 35.7 Å². The third kappa shape index (κ3) is 4.60. The number of thiophene rings is 1. The van der Waals surface area contributed by atoms with Gasteiger partial charge in [-0.1, -0.05) is 18.2 Å². The second-order valence-corrected chi connectivity index (χ2v) is 7.09. The number of ether oxygens (including phenoxy) is 1. The Balaban J connectivity index is 1.37. The average molecular weight is 358 g/mol. The van der Waals surface area contributed by atoms with Crippen LogP contribution in [0.1, 0.15) is 22.4 Å². The molecule has 0 radical (unpaired) electrons. The fraction of sp³-hybridized carbons (Fsp3) is 0.368. The number of carbonyl (C=O) groups excluding carboxylic acids is 2. The Morgan fingerprint density at radius 2 is 2.12 bits per heavy atom. The van der Waals surface area contributed by atoms with Crippen LogP contribution >= 0.6 is 11.3 Å². The summed E-state index contributed by atoms with van der Waals surface area (Å²) in [5.41, 5.74) is 2.24. The molecular formula is C19H22N2O3S. The number of nitrogens with zero attached hydrogens (tertiary/aromatic N) is 1. The molecule has 1 aliphatic rings. The molecule has 1 N–H and O–H groups in total. The van der Waals surface area contributed by atoms with Crippen LogP contribution in [0.2, 0.25) is 0 Å². The molecule has 1 aliphatic heterocycles. The van der Waals surface area contributed by atoms with Crippen LogP contribution in [0.4, 0.5) is 0 Å². The van der Waals surface area contributed by atoms with E-state index in [0.29, 0.717) is 25.3 Å². The van der Waals surface area contributed by atoms with Gasteiger partial charge in [0.2, 0.25) is 5.91 Å². The molecule has 0 saturated heterocycles. The zero-order valence-electron chi connectivity index (χ0n) is 14.3. The van der Waals surface area contributed by atoms with E-state index >= 15 is 0 Å². The lowest BCUT2D eigenvalue weighted by atomic mass is 10.1. The molecule has 0 atom stereocenters. The molecule has 0 bridgehead atoms. The number of rotatable bonds is 6. The van der Waals surface area contributed by atoms with Crippen molar-refractivity contribution >= 4 is 23.2 Å². The summed E-state index contributed by atoms with van der Waals surface area (Å²) in [5, 5.41) is 4.82. The van der Waals surface area contributed by atoms with Gasteiger partial charge in [-0.3, -0.25) is 9.59 Å². The highest BCUT2D eigenvalue weighted by Crippen LogP contribution is 2.24. The summed E-state index contributed by atoms with van der Waals surface area (Å²) in [5.74, 6) is 0.570. The predicted octanol–water partition coefficient (Wildman–Crippen LogP) is 2.53. The van der Waals surface area contributed by atoms with Gasteiger partial charge >= 0.3 is 0 Å². The molecule has 132 valence electrons. The lowest BCUT2D eigenvalue weighted by Gasteiger charge is -2.27. The van der Waals surface area contributed by atoms with Crippen molar-refractivity contribution in [2.45, 2.75) is 26.3 Å². The Morgan fingerprint density at radius 1 is 1.28 bits per heavy atom. The van der Waals surface area contributed by atoms with E-state index in [4.69, 9.17) is 4.74 Å². The van der Waals surface area contributed by atoms with E-state index in [2.05, 4.69) is 16.8 Å². The molecule has 1 aromatic heterocycles. The van der Waals surface area contributed by atoms with Gasteiger partial charge in [0, 0.05) is 30.9 Å². The number of nitrogens with one attached hydrogen (secondary N) is 1. The average Bonchev–Trinajstić information content (AvgIpc) is 3.08. The van der Waals surface area contributed by atoms with Gasteiger partial charge in [0.15, 0.2) is 6.61 Å². The normalized spacial score (nSPS) is 13.2. The Hall–Kier alpha value is -2.34. The summed E-state index contributed by atoms with van der Waals surface area (Å²) >= 11 is 1.76. The first-order valence-electron chi connectivity index (χ1n) is 8.41. The first kappa shape index (κ1) is 17.5. The molecule has 2 amide bonds. The molecule has 0 fully saturated rings. The van der Waals surface area contributed by atoms with E-state index in [1.807, 2.05) is 36.1 Å². The van der Waals surface area contributed by atoms with E-state index in [1.165, 1.54) is 10.4 Å². The van der Waals surface area contributed by atoms with Gasteiger partial charge in [0.25, 0.3) is 5.91 Å².